The molecule has 0 saturated carbocycles. The third-order valence-electron chi connectivity index (χ3n) is 5.97. The lowest BCUT2D eigenvalue weighted by Crippen LogP contribution is -2.34. The standard InChI is InChI=1S/C26H31N7O5S/c1-7-38-23(24-28-13-17(3)14-29-24)18(4)39(34,35)32-26-31-30-25(19-11-16(2)12-27-15-19)33(26)22-20(36-5)9-8-10-21(22)37-6/h8-15,18,23H,7H2,1-6H3,(H,31,32)/t18-,23+/m0/s1. The first-order valence-corrected chi connectivity index (χ1v) is 13.7. The molecule has 0 unspecified atom stereocenters. The number of hydrogen-bond acceptors (Lipinski definition) is 10. The molecular formula is C26H31N7O5S. The zero-order valence-corrected chi connectivity index (χ0v) is 23.4. The second-order valence-electron chi connectivity index (χ2n) is 8.79. The predicted molar refractivity (Wildman–Crippen MR) is 146 cm³/mol. The van der Waals surface area contributed by atoms with Crippen LogP contribution in [-0.4, -0.2) is 64.2 Å². The fourth-order valence-electron chi connectivity index (χ4n) is 4.01. The smallest absolute Gasteiger partial charge is 0.243 e. The summed E-state index contributed by atoms with van der Waals surface area (Å²) >= 11 is 0. The van der Waals surface area contributed by atoms with E-state index < -0.39 is 21.4 Å². The van der Waals surface area contributed by atoms with Gasteiger partial charge in [-0.1, -0.05) is 6.07 Å². The van der Waals surface area contributed by atoms with Crippen LogP contribution < -0.4 is 14.2 Å². The number of methoxy groups -OCH3 is 2. The zero-order valence-electron chi connectivity index (χ0n) is 22.6. The molecule has 206 valence electrons. The average molecular weight is 554 g/mol. The molecule has 0 saturated heterocycles. The van der Waals surface area contributed by atoms with Gasteiger partial charge in [-0.3, -0.25) is 14.3 Å². The van der Waals surface area contributed by atoms with Gasteiger partial charge < -0.3 is 14.2 Å². The van der Waals surface area contributed by atoms with Gasteiger partial charge in [0.2, 0.25) is 16.0 Å². The Balaban J connectivity index is 1.84. The summed E-state index contributed by atoms with van der Waals surface area (Å²) in [5.41, 5.74) is 2.77. The van der Waals surface area contributed by atoms with Gasteiger partial charge in [0.05, 0.1) is 14.2 Å². The van der Waals surface area contributed by atoms with Gasteiger partial charge in [-0.15, -0.1) is 10.2 Å². The van der Waals surface area contributed by atoms with E-state index in [9.17, 15) is 8.42 Å². The van der Waals surface area contributed by atoms with E-state index in [2.05, 4.69) is 29.9 Å². The van der Waals surface area contributed by atoms with Crippen LogP contribution in [0.15, 0.2) is 49.1 Å². The van der Waals surface area contributed by atoms with Crippen molar-refractivity contribution in [3.8, 4) is 28.6 Å². The Labute approximate surface area is 227 Å². The summed E-state index contributed by atoms with van der Waals surface area (Å²) in [6.07, 6.45) is 5.64. The lowest BCUT2D eigenvalue weighted by molar-refractivity contribution is 0.0557. The van der Waals surface area contributed by atoms with Crippen molar-refractivity contribution in [1.82, 2.24) is 29.7 Å². The molecule has 0 bridgehead atoms. The van der Waals surface area contributed by atoms with Gasteiger partial charge in [0.1, 0.15) is 28.5 Å². The van der Waals surface area contributed by atoms with Gasteiger partial charge in [-0.05, 0) is 57.0 Å². The molecule has 12 nitrogen and oxygen atoms in total. The number of aromatic nitrogens is 6. The SMILES string of the molecule is CCO[C@@H](c1ncc(C)cn1)[C@H](C)S(=O)(=O)Nc1nnc(-c2cncc(C)c2)n1-c1c(OC)cccc1OC. The summed E-state index contributed by atoms with van der Waals surface area (Å²) in [4.78, 5) is 12.9. The van der Waals surface area contributed by atoms with Gasteiger partial charge in [-0.2, -0.15) is 0 Å². The van der Waals surface area contributed by atoms with E-state index in [1.54, 1.807) is 49.9 Å². The lowest BCUT2D eigenvalue weighted by atomic mass is 10.2. The Bertz CT molecular complexity index is 1520. The number of benzene rings is 1. The molecule has 13 heteroatoms. The van der Waals surface area contributed by atoms with Crippen molar-refractivity contribution in [2.45, 2.75) is 39.0 Å². The number of para-hydroxylation sites is 1. The molecule has 3 aromatic heterocycles. The van der Waals surface area contributed by atoms with Crippen LogP contribution in [0.3, 0.4) is 0 Å². The van der Waals surface area contributed by atoms with Crippen molar-refractivity contribution in [2.75, 3.05) is 25.5 Å². The molecule has 0 spiro atoms. The van der Waals surface area contributed by atoms with Crippen LogP contribution in [0.25, 0.3) is 17.1 Å². The first kappa shape index (κ1) is 27.9. The maximum atomic E-state index is 13.7. The highest BCUT2D eigenvalue weighted by molar-refractivity contribution is 7.93. The number of pyridine rings is 1. The summed E-state index contributed by atoms with van der Waals surface area (Å²) in [5.74, 6) is 1.37. The zero-order chi connectivity index (χ0) is 28.2. The van der Waals surface area contributed by atoms with Gasteiger partial charge >= 0.3 is 0 Å². The Kier molecular flexibility index (Phi) is 8.41. The predicted octanol–water partition coefficient (Wildman–Crippen LogP) is 3.66. The van der Waals surface area contributed by atoms with Crippen molar-refractivity contribution in [1.29, 1.82) is 0 Å². The fraction of sp³-hybridized carbons (Fsp3) is 0.346. The van der Waals surface area contributed by atoms with Gasteiger partial charge in [0.25, 0.3) is 0 Å². The number of hydrogen-bond donors (Lipinski definition) is 1. The summed E-state index contributed by atoms with van der Waals surface area (Å²) < 4.78 is 48.7. The maximum absolute atomic E-state index is 13.7. The van der Waals surface area contributed by atoms with Crippen LogP contribution in [-0.2, 0) is 14.8 Å². The Morgan fingerprint density at radius 2 is 1.64 bits per heavy atom. The third-order valence-corrected chi connectivity index (χ3v) is 7.67. The third kappa shape index (κ3) is 5.83. The lowest BCUT2D eigenvalue weighted by Gasteiger charge is -2.23. The van der Waals surface area contributed by atoms with Crippen LogP contribution in [0.4, 0.5) is 5.95 Å². The highest BCUT2D eigenvalue weighted by Gasteiger charge is 2.35. The number of anilines is 1. The average Bonchev–Trinajstić information content (AvgIpc) is 3.33. The molecule has 4 aromatic rings. The molecule has 39 heavy (non-hydrogen) atoms. The van der Waals surface area contributed by atoms with E-state index in [0.717, 1.165) is 11.1 Å². The second-order valence-corrected chi connectivity index (χ2v) is 10.8. The van der Waals surface area contributed by atoms with Crippen molar-refractivity contribution >= 4 is 16.0 Å². The number of sulfonamides is 1. The van der Waals surface area contributed by atoms with E-state index >= 15 is 0 Å². The molecule has 2 atom stereocenters. The van der Waals surface area contributed by atoms with Crippen molar-refractivity contribution in [2.24, 2.45) is 0 Å². The van der Waals surface area contributed by atoms with E-state index in [4.69, 9.17) is 14.2 Å². The molecule has 4 rings (SSSR count). The molecule has 1 N–H and O–H groups in total. The van der Waals surface area contributed by atoms with Crippen molar-refractivity contribution in [3.05, 3.63) is 66.0 Å². The highest BCUT2D eigenvalue weighted by Crippen LogP contribution is 2.38. The minimum atomic E-state index is -4.12. The van der Waals surface area contributed by atoms with Gasteiger partial charge in [0.15, 0.2) is 11.6 Å². The summed E-state index contributed by atoms with van der Waals surface area (Å²) in [6, 6.07) is 7.10. The molecule has 0 radical (unpaired) electrons. The van der Waals surface area contributed by atoms with Gasteiger partial charge in [0, 0.05) is 37.0 Å². The number of ether oxygens (including phenoxy) is 3. The largest absolute Gasteiger partial charge is 0.494 e. The molecule has 3 heterocycles. The highest BCUT2D eigenvalue weighted by atomic mass is 32.2. The Morgan fingerprint density at radius 3 is 2.23 bits per heavy atom. The number of nitrogens with zero attached hydrogens (tertiary/aromatic N) is 6. The van der Waals surface area contributed by atoms with Crippen LogP contribution in [0.5, 0.6) is 11.5 Å². The minimum absolute atomic E-state index is 0.0683. The Morgan fingerprint density at radius 1 is 0.974 bits per heavy atom. The second kappa shape index (κ2) is 11.7. The molecule has 0 aliphatic carbocycles. The van der Waals surface area contributed by atoms with E-state index in [0.29, 0.717) is 28.6 Å². The van der Waals surface area contributed by atoms with E-state index in [1.807, 2.05) is 19.9 Å². The molecule has 0 amide bonds. The molecule has 0 fully saturated rings. The van der Waals surface area contributed by atoms with Crippen molar-refractivity contribution < 1.29 is 22.6 Å². The number of nitrogens with one attached hydrogen (secondary N) is 1. The summed E-state index contributed by atoms with van der Waals surface area (Å²) in [7, 11) is -1.09. The monoisotopic (exact) mass is 553 g/mol. The quantitative estimate of drug-likeness (QED) is 0.292. The van der Waals surface area contributed by atoms with Crippen LogP contribution in [0, 0.1) is 13.8 Å². The normalized spacial score (nSPS) is 13.1. The van der Waals surface area contributed by atoms with Crippen LogP contribution >= 0.6 is 0 Å². The first-order chi connectivity index (χ1) is 18.7. The minimum Gasteiger partial charge on any atom is -0.494 e. The molecular weight excluding hydrogens is 522 g/mol. The summed E-state index contributed by atoms with van der Waals surface area (Å²) in [6.45, 7) is 7.32. The topological polar surface area (TPSA) is 143 Å². The number of aryl methyl sites for hydroxylation is 2. The molecule has 0 aliphatic rings. The van der Waals surface area contributed by atoms with Gasteiger partial charge in [-0.25, -0.2) is 18.4 Å². The van der Waals surface area contributed by atoms with Crippen LogP contribution in [0.1, 0.15) is 36.9 Å². The maximum Gasteiger partial charge on any atom is 0.243 e. The number of rotatable bonds is 11. The van der Waals surface area contributed by atoms with Crippen LogP contribution in [0.2, 0.25) is 0 Å². The molecule has 1 aromatic carbocycles. The van der Waals surface area contributed by atoms with Crippen molar-refractivity contribution in [3.63, 3.8) is 0 Å². The fourth-order valence-corrected chi connectivity index (χ4v) is 5.11. The summed E-state index contributed by atoms with van der Waals surface area (Å²) in [5, 5.41) is 7.46. The molecule has 0 aliphatic heterocycles. The first-order valence-electron chi connectivity index (χ1n) is 12.2. The van der Waals surface area contributed by atoms with E-state index in [1.165, 1.54) is 25.7 Å². The Hall–Kier alpha value is -4.10. The van der Waals surface area contributed by atoms with E-state index in [-0.39, 0.29) is 18.4 Å².